The summed E-state index contributed by atoms with van der Waals surface area (Å²) < 4.78 is 47.3. The summed E-state index contributed by atoms with van der Waals surface area (Å²) >= 11 is 0. The van der Waals surface area contributed by atoms with E-state index in [-0.39, 0.29) is 18.2 Å². The highest BCUT2D eigenvalue weighted by molar-refractivity contribution is 7.86. The van der Waals surface area contributed by atoms with Crippen LogP contribution in [0.5, 0.6) is 11.5 Å². The van der Waals surface area contributed by atoms with Crippen LogP contribution in [0.3, 0.4) is 0 Å². The van der Waals surface area contributed by atoms with Crippen LogP contribution in [0.25, 0.3) is 0 Å². The molecule has 9 heteroatoms. The Bertz CT molecular complexity index is 1180. The quantitative estimate of drug-likeness (QED) is 0.261. The van der Waals surface area contributed by atoms with Crippen LogP contribution in [0, 0.1) is 0 Å². The summed E-state index contributed by atoms with van der Waals surface area (Å²) in [7, 11) is 1.16. The van der Waals surface area contributed by atoms with Crippen molar-refractivity contribution in [2.24, 2.45) is 0 Å². The van der Waals surface area contributed by atoms with Crippen molar-refractivity contribution in [3.63, 3.8) is 0 Å². The summed E-state index contributed by atoms with van der Waals surface area (Å²) in [5.41, 5.74) is 2.25. The second-order valence-electron chi connectivity index (χ2n) is 10.9. The van der Waals surface area contributed by atoms with E-state index in [1.165, 1.54) is 9.87 Å². The molecule has 1 saturated carbocycles. The summed E-state index contributed by atoms with van der Waals surface area (Å²) in [6, 6.07) is 15.8. The number of hydrogen-bond donors (Lipinski definition) is 1. The highest BCUT2D eigenvalue weighted by atomic mass is 32.2. The molecule has 2 aliphatic rings. The lowest BCUT2D eigenvalue weighted by molar-refractivity contribution is 0.00778. The standard InChI is InChI=1S/C31H45N3O5S/c1-5-6-20-38-29-9-7-8-26(21-29)25-12-16-28(17-13-25)39-23-30-31(18-19-32-30)34(40(35,36)33(2)3)22-24-10-14-27(37-4)15-11-24/h5,7-11,14-15,21,25,28,30-32H,1,6,12-13,16-20,22-23H2,2-4H3. The van der Waals surface area contributed by atoms with Gasteiger partial charge in [-0.3, -0.25) is 0 Å². The molecule has 2 fully saturated rings. The van der Waals surface area contributed by atoms with Gasteiger partial charge in [-0.05, 0) is 86.4 Å². The Labute approximate surface area is 240 Å². The number of benzene rings is 2. The molecular formula is C31H45N3O5S. The molecule has 0 bridgehead atoms. The second kappa shape index (κ2) is 14.5. The molecule has 0 amide bonds. The summed E-state index contributed by atoms with van der Waals surface area (Å²) in [5.74, 6) is 2.17. The van der Waals surface area contributed by atoms with Gasteiger partial charge in [-0.15, -0.1) is 6.58 Å². The third-order valence-corrected chi connectivity index (χ3v) is 9.96. The molecule has 1 N–H and O–H groups in total. The third kappa shape index (κ3) is 7.85. The summed E-state index contributed by atoms with van der Waals surface area (Å²) in [6.45, 7) is 5.96. The molecule has 2 aromatic rings. The van der Waals surface area contributed by atoms with Crippen LogP contribution in [0.2, 0.25) is 0 Å². The predicted octanol–water partition coefficient (Wildman–Crippen LogP) is 4.73. The van der Waals surface area contributed by atoms with Crippen LogP contribution < -0.4 is 14.8 Å². The largest absolute Gasteiger partial charge is 0.497 e. The second-order valence-corrected chi connectivity index (χ2v) is 13.0. The van der Waals surface area contributed by atoms with Crippen molar-refractivity contribution in [2.75, 3.05) is 41.0 Å². The van der Waals surface area contributed by atoms with E-state index in [1.54, 1.807) is 25.5 Å². The molecule has 220 valence electrons. The zero-order valence-electron chi connectivity index (χ0n) is 24.1. The van der Waals surface area contributed by atoms with Gasteiger partial charge in [-0.1, -0.05) is 30.3 Å². The van der Waals surface area contributed by atoms with E-state index < -0.39 is 10.2 Å². The average molecular weight is 572 g/mol. The molecule has 0 spiro atoms. The fourth-order valence-electron chi connectivity index (χ4n) is 5.68. The minimum absolute atomic E-state index is 0.0601. The van der Waals surface area contributed by atoms with Crippen LogP contribution in [0.1, 0.15) is 55.6 Å². The lowest BCUT2D eigenvalue weighted by Gasteiger charge is -2.35. The highest BCUT2D eigenvalue weighted by Crippen LogP contribution is 2.35. The van der Waals surface area contributed by atoms with E-state index in [9.17, 15) is 8.42 Å². The van der Waals surface area contributed by atoms with Crippen molar-refractivity contribution < 1.29 is 22.6 Å². The van der Waals surface area contributed by atoms with Gasteiger partial charge in [0.25, 0.3) is 10.2 Å². The van der Waals surface area contributed by atoms with Crippen molar-refractivity contribution in [1.82, 2.24) is 13.9 Å². The fourth-order valence-corrected chi connectivity index (χ4v) is 7.01. The fraction of sp³-hybridized carbons (Fsp3) is 0.548. The first-order chi connectivity index (χ1) is 19.3. The van der Waals surface area contributed by atoms with Gasteiger partial charge < -0.3 is 19.5 Å². The molecular weight excluding hydrogens is 526 g/mol. The Hall–Kier alpha value is -2.43. The van der Waals surface area contributed by atoms with Gasteiger partial charge in [0.15, 0.2) is 0 Å². The predicted molar refractivity (Wildman–Crippen MR) is 159 cm³/mol. The first-order valence-corrected chi connectivity index (χ1v) is 15.7. The van der Waals surface area contributed by atoms with E-state index >= 15 is 0 Å². The van der Waals surface area contributed by atoms with Crippen LogP contribution >= 0.6 is 0 Å². The molecule has 1 aliphatic heterocycles. The molecule has 0 aromatic heterocycles. The lowest BCUT2D eigenvalue weighted by atomic mass is 9.82. The lowest BCUT2D eigenvalue weighted by Crippen LogP contribution is -2.51. The Balaban J connectivity index is 1.34. The molecule has 2 unspecified atom stereocenters. The van der Waals surface area contributed by atoms with Gasteiger partial charge in [-0.2, -0.15) is 17.0 Å². The van der Waals surface area contributed by atoms with E-state index in [4.69, 9.17) is 14.2 Å². The third-order valence-electron chi connectivity index (χ3n) is 8.04. The maximum absolute atomic E-state index is 13.4. The summed E-state index contributed by atoms with van der Waals surface area (Å²) in [4.78, 5) is 0. The molecule has 2 atom stereocenters. The molecule has 40 heavy (non-hydrogen) atoms. The minimum atomic E-state index is -3.64. The Morgan fingerprint density at radius 1 is 1.02 bits per heavy atom. The number of nitrogens with zero attached hydrogens (tertiary/aromatic N) is 2. The summed E-state index contributed by atoms with van der Waals surface area (Å²) in [6.07, 6.45) is 7.77. The average Bonchev–Trinajstić information content (AvgIpc) is 3.43. The van der Waals surface area contributed by atoms with Gasteiger partial charge in [0.1, 0.15) is 11.5 Å². The monoisotopic (exact) mass is 571 g/mol. The normalized spacial score (nSPS) is 23.4. The minimum Gasteiger partial charge on any atom is -0.497 e. The van der Waals surface area contributed by atoms with Gasteiger partial charge in [0.05, 0.1) is 26.4 Å². The number of methoxy groups -OCH3 is 1. The Morgan fingerprint density at radius 3 is 2.45 bits per heavy atom. The van der Waals surface area contributed by atoms with Crippen molar-refractivity contribution in [1.29, 1.82) is 0 Å². The van der Waals surface area contributed by atoms with Crippen molar-refractivity contribution >= 4 is 10.2 Å². The maximum Gasteiger partial charge on any atom is 0.282 e. The maximum atomic E-state index is 13.4. The molecule has 0 radical (unpaired) electrons. The SMILES string of the molecule is C=CCCOc1cccc(C2CCC(OCC3NCCC3N(Cc3ccc(OC)cc3)S(=O)(=O)N(C)C)CC2)c1. The first kappa shape index (κ1) is 30.5. The molecule has 1 saturated heterocycles. The van der Waals surface area contributed by atoms with Crippen molar-refractivity contribution in [3.05, 3.63) is 72.3 Å². The smallest absolute Gasteiger partial charge is 0.282 e. The topological polar surface area (TPSA) is 80.3 Å². The number of nitrogens with one attached hydrogen (secondary N) is 1. The van der Waals surface area contributed by atoms with E-state index in [0.717, 1.165) is 62.1 Å². The van der Waals surface area contributed by atoms with Gasteiger partial charge >= 0.3 is 0 Å². The molecule has 1 aliphatic carbocycles. The van der Waals surface area contributed by atoms with Crippen LogP contribution in [-0.4, -0.2) is 76.2 Å². The van der Waals surface area contributed by atoms with Gasteiger partial charge in [0, 0.05) is 32.7 Å². The Kier molecular flexibility index (Phi) is 11.0. The van der Waals surface area contributed by atoms with Crippen molar-refractivity contribution in [3.8, 4) is 11.5 Å². The molecule has 4 rings (SSSR count). The zero-order chi connectivity index (χ0) is 28.5. The number of hydrogen-bond acceptors (Lipinski definition) is 6. The zero-order valence-corrected chi connectivity index (χ0v) is 24.9. The van der Waals surface area contributed by atoms with E-state index in [0.29, 0.717) is 25.7 Å². The van der Waals surface area contributed by atoms with Crippen LogP contribution in [0.4, 0.5) is 0 Å². The van der Waals surface area contributed by atoms with E-state index in [1.807, 2.05) is 36.4 Å². The number of rotatable bonds is 14. The van der Waals surface area contributed by atoms with Gasteiger partial charge in [0.2, 0.25) is 0 Å². The highest BCUT2D eigenvalue weighted by Gasteiger charge is 2.40. The van der Waals surface area contributed by atoms with Crippen LogP contribution in [0.15, 0.2) is 61.2 Å². The van der Waals surface area contributed by atoms with Crippen molar-refractivity contribution in [2.45, 2.75) is 69.2 Å². The number of ether oxygens (including phenoxy) is 3. The van der Waals surface area contributed by atoms with Gasteiger partial charge in [-0.25, -0.2) is 0 Å². The first-order valence-electron chi connectivity index (χ1n) is 14.3. The molecule has 1 heterocycles. The molecule has 8 nitrogen and oxygen atoms in total. The van der Waals surface area contributed by atoms with E-state index in [2.05, 4.69) is 30.1 Å². The van der Waals surface area contributed by atoms with Crippen LogP contribution in [-0.2, 0) is 21.5 Å². The Morgan fingerprint density at radius 2 is 1.77 bits per heavy atom. The molecule has 2 aromatic carbocycles. The summed E-state index contributed by atoms with van der Waals surface area (Å²) in [5, 5.41) is 3.51.